The van der Waals surface area contributed by atoms with Gasteiger partial charge in [0.05, 0.1) is 0 Å². The second-order valence-corrected chi connectivity index (χ2v) is 5.72. The maximum Gasteiger partial charge on any atom is 0.0412 e. The van der Waals surface area contributed by atoms with E-state index >= 15 is 0 Å². The first-order chi connectivity index (χ1) is 7.33. The molecule has 1 aliphatic carbocycles. The third-order valence-electron chi connectivity index (χ3n) is 3.28. The summed E-state index contributed by atoms with van der Waals surface area (Å²) in [4.78, 5) is 3.03. The van der Waals surface area contributed by atoms with Crippen molar-refractivity contribution in [1.82, 2.24) is 5.32 Å². The molecule has 1 nitrogen and oxygen atoms in total. The Morgan fingerprint density at radius 2 is 2.27 bits per heavy atom. The highest BCUT2D eigenvalue weighted by atomic mass is 32.1. The van der Waals surface area contributed by atoms with Crippen LogP contribution in [0.15, 0.2) is 12.1 Å². The van der Waals surface area contributed by atoms with Crippen molar-refractivity contribution in [2.45, 2.75) is 45.1 Å². The molecule has 1 fully saturated rings. The second-order valence-electron chi connectivity index (χ2n) is 4.52. The summed E-state index contributed by atoms with van der Waals surface area (Å²) in [6.45, 7) is 2.23. The monoisotopic (exact) mass is 223 g/mol. The lowest BCUT2D eigenvalue weighted by Gasteiger charge is -2.13. The van der Waals surface area contributed by atoms with E-state index in [4.69, 9.17) is 0 Å². The molecular formula is C13H21NS. The molecular weight excluding hydrogens is 202 g/mol. The fourth-order valence-electron chi connectivity index (χ4n) is 2.01. The molecule has 1 N–H and O–H groups in total. The molecule has 1 saturated carbocycles. The average molecular weight is 223 g/mol. The second kappa shape index (κ2) is 5.13. The summed E-state index contributed by atoms with van der Waals surface area (Å²) in [6, 6.07) is 5.18. The molecule has 15 heavy (non-hydrogen) atoms. The lowest BCUT2D eigenvalue weighted by molar-refractivity contribution is 0.513. The van der Waals surface area contributed by atoms with E-state index in [1.807, 2.05) is 11.3 Å². The predicted octanol–water partition coefficient (Wildman–Crippen LogP) is 3.76. The number of aryl methyl sites for hydroxylation is 1. The van der Waals surface area contributed by atoms with Gasteiger partial charge >= 0.3 is 0 Å². The maximum absolute atomic E-state index is 3.45. The van der Waals surface area contributed by atoms with Gasteiger partial charge in [-0.2, -0.15) is 0 Å². The Morgan fingerprint density at radius 1 is 1.47 bits per heavy atom. The Hall–Kier alpha value is -0.340. The summed E-state index contributed by atoms with van der Waals surface area (Å²) in [6.07, 6.45) is 6.83. The van der Waals surface area contributed by atoms with Crippen molar-refractivity contribution < 1.29 is 0 Å². The van der Waals surface area contributed by atoms with Crippen molar-refractivity contribution in [3.8, 4) is 0 Å². The van der Waals surface area contributed by atoms with Gasteiger partial charge in [-0.15, -0.1) is 11.3 Å². The minimum atomic E-state index is 0.593. The van der Waals surface area contributed by atoms with E-state index in [-0.39, 0.29) is 0 Å². The Balaban J connectivity index is 1.91. The topological polar surface area (TPSA) is 12.0 Å². The van der Waals surface area contributed by atoms with Crippen LogP contribution in [0.25, 0.3) is 0 Å². The largest absolute Gasteiger partial charge is 0.312 e. The molecule has 0 aromatic carbocycles. The molecule has 0 amide bonds. The van der Waals surface area contributed by atoms with Crippen LogP contribution in [0.1, 0.15) is 48.4 Å². The summed E-state index contributed by atoms with van der Waals surface area (Å²) in [5.74, 6) is 1.05. The van der Waals surface area contributed by atoms with E-state index in [9.17, 15) is 0 Å². The zero-order valence-electron chi connectivity index (χ0n) is 9.75. The van der Waals surface area contributed by atoms with E-state index in [0.29, 0.717) is 6.04 Å². The minimum Gasteiger partial charge on any atom is -0.312 e. The Bertz CT molecular complexity index is 301. The first-order valence-electron chi connectivity index (χ1n) is 6.09. The van der Waals surface area contributed by atoms with Gasteiger partial charge in [0.2, 0.25) is 0 Å². The molecule has 0 saturated heterocycles. The Morgan fingerprint density at radius 3 is 2.80 bits per heavy atom. The van der Waals surface area contributed by atoms with Crippen LogP contribution in [0, 0.1) is 5.92 Å². The molecule has 1 aromatic rings. The number of hydrogen-bond donors (Lipinski definition) is 1. The maximum atomic E-state index is 3.45. The molecule has 84 valence electrons. The van der Waals surface area contributed by atoms with Crippen molar-refractivity contribution in [3.63, 3.8) is 0 Å². The lowest BCUT2D eigenvalue weighted by Crippen LogP contribution is -2.15. The van der Waals surface area contributed by atoms with E-state index in [1.54, 1.807) is 0 Å². The smallest absolute Gasteiger partial charge is 0.0412 e. The van der Waals surface area contributed by atoms with Crippen LogP contribution < -0.4 is 5.32 Å². The normalized spacial score (nSPS) is 18.0. The quantitative estimate of drug-likeness (QED) is 0.774. The summed E-state index contributed by atoms with van der Waals surface area (Å²) in [5, 5.41) is 3.45. The van der Waals surface area contributed by atoms with E-state index in [1.165, 1.54) is 41.9 Å². The zero-order chi connectivity index (χ0) is 10.7. The van der Waals surface area contributed by atoms with Gasteiger partial charge in [-0.3, -0.25) is 0 Å². The molecule has 1 aromatic heterocycles. The summed E-state index contributed by atoms with van der Waals surface area (Å²) >= 11 is 1.98. The average Bonchev–Trinajstić information content (AvgIpc) is 2.96. The lowest BCUT2D eigenvalue weighted by atomic mass is 10.1. The Labute approximate surface area is 96.9 Å². The Kier molecular flexibility index (Phi) is 3.81. The van der Waals surface area contributed by atoms with Crippen molar-refractivity contribution in [2.24, 2.45) is 5.92 Å². The molecule has 1 aliphatic rings. The van der Waals surface area contributed by atoms with Gasteiger partial charge in [0.15, 0.2) is 0 Å². The molecule has 0 aliphatic heterocycles. The number of rotatable bonds is 6. The van der Waals surface area contributed by atoms with Gasteiger partial charge in [0.1, 0.15) is 0 Å². The minimum absolute atomic E-state index is 0.593. The van der Waals surface area contributed by atoms with Crippen LogP contribution in [0.4, 0.5) is 0 Å². The number of thiophene rings is 1. The van der Waals surface area contributed by atoms with Crippen LogP contribution in [0.5, 0.6) is 0 Å². The van der Waals surface area contributed by atoms with Crippen molar-refractivity contribution in [1.29, 1.82) is 0 Å². The first-order valence-corrected chi connectivity index (χ1v) is 6.91. The van der Waals surface area contributed by atoms with Crippen molar-refractivity contribution in [3.05, 3.63) is 21.9 Å². The van der Waals surface area contributed by atoms with Gasteiger partial charge in [0, 0.05) is 15.8 Å². The summed E-state index contributed by atoms with van der Waals surface area (Å²) < 4.78 is 0. The van der Waals surface area contributed by atoms with E-state index in [2.05, 4.69) is 31.4 Å². The van der Waals surface area contributed by atoms with Crippen LogP contribution in [-0.2, 0) is 6.42 Å². The van der Waals surface area contributed by atoms with Gasteiger partial charge in [-0.1, -0.05) is 19.8 Å². The van der Waals surface area contributed by atoms with Gasteiger partial charge in [-0.25, -0.2) is 0 Å². The van der Waals surface area contributed by atoms with Crippen molar-refractivity contribution in [2.75, 3.05) is 7.05 Å². The SMILES string of the molecule is CCc1ccc(C(CCC2CC2)NC)s1. The first kappa shape index (κ1) is 11.2. The van der Waals surface area contributed by atoms with Crippen LogP contribution in [0.2, 0.25) is 0 Å². The highest BCUT2D eigenvalue weighted by Crippen LogP contribution is 2.36. The highest BCUT2D eigenvalue weighted by Gasteiger charge is 2.22. The number of nitrogens with one attached hydrogen (secondary N) is 1. The van der Waals surface area contributed by atoms with Crippen molar-refractivity contribution >= 4 is 11.3 Å². The molecule has 1 unspecified atom stereocenters. The summed E-state index contributed by atoms with van der Waals surface area (Å²) in [7, 11) is 2.09. The van der Waals surface area contributed by atoms with Gasteiger partial charge in [0.25, 0.3) is 0 Å². The summed E-state index contributed by atoms with van der Waals surface area (Å²) in [5.41, 5.74) is 0. The zero-order valence-corrected chi connectivity index (χ0v) is 10.6. The fraction of sp³-hybridized carbons (Fsp3) is 0.692. The molecule has 1 atom stereocenters. The van der Waals surface area contributed by atoms with E-state index in [0.717, 1.165) is 5.92 Å². The van der Waals surface area contributed by atoms with Crippen LogP contribution in [-0.4, -0.2) is 7.05 Å². The molecule has 2 rings (SSSR count). The van der Waals surface area contributed by atoms with Gasteiger partial charge in [-0.05, 0) is 44.4 Å². The standard InChI is InChI=1S/C13H21NS/c1-3-11-7-9-13(15-11)12(14-2)8-6-10-4-5-10/h7,9-10,12,14H,3-6,8H2,1-2H3. The molecule has 0 radical (unpaired) electrons. The van der Waals surface area contributed by atoms with E-state index < -0.39 is 0 Å². The molecule has 0 bridgehead atoms. The van der Waals surface area contributed by atoms with Crippen LogP contribution >= 0.6 is 11.3 Å². The molecule has 1 heterocycles. The third-order valence-corrected chi connectivity index (χ3v) is 4.63. The number of hydrogen-bond acceptors (Lipinski definition) is 2. The third kappa shape index (κ3) is 3.05. The van der Waals surface area contributed by atoms with Crippen LogP contribution in [0.3, 0.4) is 0 Å². The highest BCUT2D eigenvalue weighted by molar-refractivity contribution is 7.12. The molecule has 0 spiro atoms. The fourth-order valence-corrected chi connectivity index (χ4v) is 3.11. The molecule has 2 heteroatoms. The predicted molar refractivity (Wildman–Crippen MR) is 67.5 cm³/mol. The van der Waals surface area contributed by atoms with Gasteiger partial charge < -0.3 is 5.32 Å².